The molecule has 1 aromatic heterocycles. The van der Waals surface area contributed by atoms with E-state index in [0.29, 0.717) is 5.25 Å². The van der Waals surface area contributed by atoms with Crippen molar-refractivity contribution < 1.29 is 0 Å². The van der Waals surface area contributed by atoms with Crippen LogP contribution in [0.2, 0.25) is 0 Å². The Morgan fingerprint density at radius 2 is 2.21 bits per heavy atom. The first-order valence-electron chi connectivity index (χ1n) is 4.37. The lowest BCUT2D eigenvalue weighted by atomic mass is 10.3. The van der Waals surface area contributed by atoms with E-state index in [9.17, 15) is 0 Å². The molecule has 70 valence electrons. The Hall–Kier alpha value is -0.870. The molecule has 0 bridgehead atoms. The van der Waals surface area contributed by atoms with Gasteiger partial charge in [0.25, 0.3) is 0 Å². The average molecular weight is 220 g/mol. The molecule has 1 aromatic carbocycles. The standard InChI is InChI=1S/C10H8N2S2/c1-2-4-8-7(3-1)11-10(12-8)9-5-6-13-14-9/h1-6,9H,(H,11,12). The van der Waals surface area contributed by atoms with Crippen LogP contribution in [-0.4, -0.2) is 9.97 Å². The highest BCUT2D eigenvalue weighted by Crippen LogP contribution is 2.44. The number of aromatic nitrogens is 2. The summed E-state index contributed by atoms with van der Waals surface area (Å²) < 4.78 is 0. The molecule has 1 N–H and O–H groups in total. The van der Waals surface area contributed by atoms with E-state index in [1.807, 2.05) is 29.0 Å². The molecule has 0 fully saturated rings. The summed E-state index contributed by atoms with van der Waals surface area (Å²) in [6.07, 6.45) is 2.17. The van der Waals surface area contributed by atoms with Gasteiger partial charge in [0.15, 0.2) is 0 Å². The Bertz CT molecular complexity index is 457. The maximum atomic E-state index is 4.55. The van der Waals surface area contributed by atoms with E-state index in [2.05, 4.69) is 27.5 Å². The number of aromatic amines is 1. The predicted octanol–water partition coefficient (Wildman–Crippen LogP) is 3.51. The zero-order valence-electron chi connectivity index (χ0n) is 7.31. The maximum absolute atomic E-state index is 4.55. The Balaban J connectivity index is 2.09. The van der Waals surface area contributed by atoms with Crippen LogP contribution in [-0.2, 0) is 0 Å². The predicted molar refractivity (Wildman–Crippen MR) is 63.2 cm³/mol. The van der Waals surface area contributed by atoms with Gasteiger partial charge >= 0.3 is 0 Å². The fourth-order valence-electron chi connectivity index (χ4n) is 1.47. The minimum absolute atomic E-state index is 0.382. The number of fused-ring (bicyclic) bond motifs is 1. The van der Waals surface area contributed by atoms with Gasteiger partial charge in [-0.2, -0.15) is 0 Å². The van der Waals surface area contributed by atoms with Gasteiger partial charge in [0, 0.05) is 0 Å². The van der Waals surface area contributed by atoms with Crippen molar-refractivity contribution in [2.45, 2.75) is 5.25 Å². The van der Waals surface area contributed by atoms with E-state index in [1.54, 1.807) is 10.8 Å². The molecule has 0 aliphatic carbocycles. The topological polar surface area (TPSA) is 28.7 Å². The SMILES string of the molecule is C1=CC(c2nc3ccccc3[nH]2)SS1. The molecule has 1 atom stereocenters. The van der Waals surface area contributed by atoms with Crippen LogP contribution in [0.25, 0.3) is 11.0 Å². The number of nitrogens with zero attached hydrogens (tertiary/aromatic N) is 1. The fourth-order valence-corrected chi connectivity index (χ4v) is 3.53. The van der Waals surface area contributed by atoms with E-state index >= 15 is 0 Å². The maximum Gasteiger partial charge on any atom is 0.125 e. The first kappa shape index (κ1) is 8.44. The van der Waals surface area contributed by atoms with Crippen molar-refractivity contribution in [1.29, 1.82) is 0 Å². The molecule has 3 rings (SSSR count). The number of para-hydroxylation sites is 2. The minimum Gasteiger partial charge on any atom is -0.341 e. The number of nitrogens with one attached hydrogen (secondary N) is 1. The van der Waals surface area contributed by atoms with Gasteiger partial charge in [0.1, 0.15) is 5.82 Å². The molecule has 1 unspecified atom stereocenters. The van der Waals surface area contributed by atoms with Crippen molar-refractivity contribution in [3.05, 3.63) is 41.6 Å². The third-order valence-corrected chi connectivity index (χ3v) is 4.40. The van der Waals surface area contributed by atoms with Gasteiger partial charge in [-0.05, 0) is 17.5 Å². The van der Waals surface area contributed by atoms with Crippen LogP contribution >= 0.6 is 21.6 Å². The van der Waals surface area contributed by atoms with Gasteiger partial charge in [-0.25, -0.2) is 4.98 Å². The molecule has 0 amide bonds. The van der Waals surface area contributed by atoms with Crippen molar-refractivity contribution in [1.82, 2.24) is 9.97 Å². The monoisotopic (exact) mass is 220 g/mol. The van der Waals surface area contributed by atoms with Gasteiger partial charge < -0.3 is 4.98 Å². The molecular formula is C10H8N2S2. The van der Waals surface area contributed by atoms with Crippen molar-refractivity contribution in [3.63, 3.8) is 0 Å². The molecule has 2 aromatic rings. The molecule has 0 spiro atoms. The van der Waals surface area contributed by atoms with Crippen molar-refractivity contribution in [3.8, 4) is 0 Å². The number of imidazole rings is 1. The third-order valence-electron chi connectivity index (χ3n) is 2.15. The number of hydrogen-bond donors (Lipinski definition) is 1. The molecule has 4 heteroatoms. The second-order valence-electron chi connectivity index (χ2n) is 3.08. The quantitative estimate of drug-likeness (QED) is 0.745. The second-order valence-corrected chi connectivity index (χ2v) is 5.40. The zero-order valence-corrected chi connectivity index (χ0v) is 8.94. The van der Waals surface area contributed by atoms with Crippen LogP contribution in [0.1, 0.15) is 11.1 Å². The summed E-state index contributed by atoms with van der Waals surface area (Å²) >= 11 is 0. The summed E-state index contributed by atoms with van der Waals surface area (Å²) in [5, 5.41) is 2.50. The Labute approximate surface area is 89.6 Å². The molecule has 2 nitrogen and oxygen atoms in total. The summed E-state index contributed by atoms with van der Waals surface area (Å²) in [6.45, 7) is 0. The summed E-state index contributed by atoms with van der Waals surface area (Å²) in [4.78, 5) is 7.89. The Morgan fingerprint density at radius 1 is 1.29 bits per heavy atom. The lowest BCUT2D eigenvalue weighted by Crippen LogP contribution is -1.88. The highest BCUT2D eigenvalue weighted by atomic mass is 33.1. The van der Waals surface area contributed by atoms with Crippen LogP contribution in [0, 0.1) is 0 Å². The van der Waals surface area contributed by atoms with Gasteiger partial charge in [-0.15, -0.1) is 0 Å². The summed E-state index contributed by atoms with van der Waals surface area (Å²) in [5.41, 5.74) is 2.17. The largest absolute Gasteiger partial charge is 0.341 e. The normalized spacial score (nSPS) is 20.7. The van der Waals surface area contributed by atoms with E-state index in [0.717, 1.165) is 16.9 Å². The lowest BCUT2D eigenvalue weighted by Gasteiger charge is -1.99. The van der Waals surface area contributed by atoms with Crippen molar-refractivity contribution in [2.75, 3.05) is 0 Å². The van der Waals surface area contributed by atoms with Crippen LogP contribution in [0.15, 0.2) is 35.7 Å². The summed E-state index contributed by atoms with van der Waals surface area (Å²) in [6, 6.07) is 8.13. The van der Waals surface area contributed by atoms with Gasteiger partial charge in [-0.3, -0.25) is 0 Å². The Kier molecular flexibility index (Phi) is 2.03. The van der Waals surface area contributed by atoms with Crippen molar-refractivity contribution in [2.24, 2.45) is 0 Å². The average Bonchev–Trinajstić information content (AvgIpc) is 2.86. The van der Waals surface area contributed by atoms with Crippen LogP contribution in [0.3, 0.4) is 0 Å². The first-order chi connectivity index (χ1) is 6.93. The summed E-state index contributed by atoms with van der Waals surface area (Å²) in [7, 11) is 3.59. The summed E-state index contributed by atoms with van der Waals surface area (Å²) in [5.74, 6) is 1.05. The first-order valence-corrected chi connectivity index (χ1v) is 6.64. The minimum atomic E-state index is 0.382. The highest BCUT2D eigenvalue weighted by molar-refractivity contribution is 8.78. The number of H-pyrrole nitrogens is 1. The van der Waals surface area contributed by atoms with Gasteiger partial charge in [-0.1, -0.05) is 39.8 Å². The molecule has 0 radical (unpaired) electrons. The van der Waals surface area contributed by atoms with E-state index in [-0.39, 0.29) is 0 Å². The van der Waals surface area contributed by atoms with Gasteiger partial charge in [0.2, 0.25) is 0 Å². The number of benzene rings is 1. The smallest absolute Gasteiger partial charge is 0.125 e. The zero-order chi connectivity index (χ0) is 9.38. The molecule has 2 heterocycles. The molecule has 0 saturated carbocycles. The molecular weight excluding hydrogens is 212 g/mol. The van der Waals surface area contributed by atoms with E-state index in [4.69, 9.17) is 0 Å². The Morgan fingerprint density at radius 3 is 3.00 bits per heavy atom. The van der Waals surface area contributed by atoms with Crippen LogP contribution in [0.4, 0.5) is 0 Å². The second kappa shape index (κ2) is 3.37. The lowest BCUT2D eigenvalue weighted by molar-refractivity contribution is 1.06. The molecule has 1 aliphatic rings. The number of hydrogen-bond acceptors (Lipinski definition) is 3. The van der Waals surface area contributed by atoms with E-state index < -0.39 is 0 Å². The van der Waals surface area contributed by atoms with Gasteiger partial charge in [0.05, 0.1) is 16.3 Å². The molecule has 1 aliphatic heterocycles. The van der Waals surface area contributed by atoms with E-state index in [1.165, 1.54) is 0 Å². The molecule has 0 saturated heterocycles. The molecule has 14 heavy (non-hydrogen) atoms. The fraction of sp³-hybridized carbons (Fsp3) is 0.100. The van der Waals surface area contributed by atoms with Crippen molar-refractivity contribution >= 4 is 32.6 Å². The van der Waals surface area contributed by atoms with Crippen LogP contribution in [0.5, 0.6) is 0 Å². The third kappa shape index (κ3) is 1.35. The highest BCUT2D eigenvalue weighted by Gasteiger charge is 2.16. The number of rotatable bonds is 1. The van der Waals surface area contributed by atoms with Crippen LogP contribution < -0.4 is 0 Å².